The number of carbonyl (C=O) groups is 1. The number of piperidine rings is 1. The molecule has 2 aliphatic rings. The Kier molecular flexibility index (Phi) is 2.77. The van der Waals surface area contributed by atoms with Gasteiger partial charge in [-0.1, -0.05) is 28.9 Å². The molecule has 1 aromatic carbocycles. The van der Waals surface area contributed by atoms with Crippen LogP contribution in [0.5, 0.6) is 0 Å². The van der Waals surface area contributed by atoms with E-state index in [1.165, 1.54) is 11.1 Å². The van der Waals surface area contributed by atoms with Crippen LogP contribution in [0, 0.1) is 0 Å². The number of halogens is 1. The maximum atomic E-state index is 11.9. The molecular weight excluding hydrogens is 290 g/mol. The Bertz CT molecular complexity index is 513. The van der Waals surface area contributed by atoms with Crippen molar-refractivity contribution in [1.29, 1.82) is 0 Å². The average molecular weight is 308 g/mol. The molecule has 3 heteroatoms. The maximum Gasteiger partial charge on any atom is 0.222 e. The van der Waals surface area contributed by atoms with Gasteiger partial charge in [-0.25, -0.2) is 0 Å². The first-order chi connectivity index (χ1) is 8.52. The second-order valence-corrected chi connectivity index (χ2v) is 6.69. The molecule has 0 spiro atoms. The number of nitrogens with zero attached hydrogens (tertiary/aromatic N) is 1. The van der Waals surface area contributed by atoms with Crippen LogP contribution in [0.25, 0.3) is 0 Å². The van der Waals surface area contributed by atoms with Crippen LogP contribution in [0.1, 0.15) is 37.3 Å². The fraction of sp³-hybridized carbons (Fsp3) is 0.533. The first-order valence-corrected chi connectivity index (χ1v) is 7.36. The zero-order valence-corrected chi connectivity index (χ0v) is 12.5. The van der Waals surface area contributed by atoms with E-state index in [1.807, 2.05) is 11.9 Å². The largest absolute Gasteiger partial charge is 0.342 e. The number of benzene rings is 1. The third-order valence-electron chi connectivity index (χ3n) is 4.82. The van der Waals surface area contributed by atoms with Gasteiger partial charge < -0.3 is 4.90 Å². The minimum absolute atomic E-state index is 0.136. The highest BCUT2D eigenvalue weighted by Gasteiger charge is 2.46. The number of rotatable bonds is 0. The zero-order chi connectivity index (χ0) is 12.9. The Hall–Kier alpha value is -0.830. The van der Waals surface area contributed by atoms with Crippen LogP contribution in [0.15, 0.2) is 22.7 Å². The monoisotopic (exact) mass is 307 g/mol. The third kappa shape index (κ3) is 1.63. The SMILES string of the molecule is CN1C(=O)CC[C@]2(C)c3ccc(Br)cc3CCC12. The van der Waals surface area contributed by atoms with Crippen LogP contribution >= 0.6 is 15.9 Å². The van der Waals surface area contributed by atoms with E-state index in [2.05, 4.69) is 41.1 Å². The summed E-state index contributed by atoms with van der Waals surface area (Å²) in [5.41, 5.74) is 3.03. The van der Waals surface area contributed by atoms with Crippen LogP contribution in [-0.2, 0) is 16.6 Å². The van der Waals surface area contributed by atoms with Gasteiger partial charge in [-0.15, -0.1) is 0 Å². The number of carbonyl (C=O) groups excluding carboxylic acids is 1. The summed E-state index contributed by atoms with van der Waals surface area (Å²) in [6, 6.07) is 6.98. The highest BCUT2D eigenvalue weighted by molar-refractivity contribution is 9.10. The van der Waals surface area contributed by atoms with E-state index in [9.17, 15) is 4.79 Å². The van der Waals surface area contributed by atoms with E-state index in [0.29, 0.717) is 18.4 Å². The number of aryl methyl sites for hydroxylation is 1. The second kappa shape index (κ2) is 4.09. The Morgan fingerprint density at radius 1 is 1.39 bits per heavy atom. The van der Waals surface area contributed by atoms with Crippen LogP contribution in [0.4, 0.5) is 0 Å². The molecule has 2 atom stereocenters. The van der Waals surface area contributed by atoms with Crippen molar-refractivity contribution in [2.45, 2.75) is 44.1 Å². The predicted molar refractivity (Wildman–Crippen MR) is 75.6 cm³/mol. The van der Waals surface area contributed by atoms with Gasteiger partial charge in [-0.05, 0) is 42.5 Å². The van der Waals surface area contributed by atoms with E-state index < -0.39 is 0 Å². The fourth-order valence-electron chi connectivity index (χ4n) is 3.76. The summed E-state index contributed by atoms with van der Waals surface area (Å²) >= 11 is 3.55. The van der Waals surface area contributed by atoms with Gasteiger partial charge in [0.25, 0.3) is 0 Å². The van der Waals surface area contributed by atoms with Crippen molar-refractivity contribution in [2.75, 3.05) is 7.05 Å². The van der Waals surface area contributed by atoms with Crippen LogP contribution in [-0.4, -0.2) is 23.9 Å². The molecule has 1 fully saturated rings. The Balaban J connectivity index is 2.09. The lowest BCUT2D eigenvalue weighted by molar-refractivity contribution is -0.138. The Morgan fingerprint density at radius 2 is 2.17 bits per heavy atom. The quantitative estimate of drug-likeness (QED) is 0.720. The van der Waals surface area contributed by atoms with E-state index in [4.69, 9.17) is 0 Å². The molecule has 0 aromatic heterocycles. The smallest absolute Gasteiger partial charge is 0.222 e. The highest BCUT2D eigenvalue weighted by Crippen LogP contribution is 2.45. The summed E-state index contributed by atoms with van der Waals surface area (Å²) in [5, 5.41) is 0. The number of hydrogen-bond donors (Lipinski definition) is 0. The van der Waals surface area contributed by atoms with Crippen molar-refractivity contribution in [3.05, 3.63) is 33.8 Å². The minimum Gasteiger partial charge on any atom is -0.342 e. The normalized spacial score (nSPS) is 30.9. The molecule has 1 aliphatic carbocycles. The zero-order valence-electron chi connectivity index (χ0n) is 10.9. The molecule has 1 saturated heterocycles. The van der Waals surface area contributed by atoms with E-state index in [-0.39, 0.29) is 5.41 Å². The van der Waals surface area contributed by atoms with Crippen molar-refractivity contribution in [1.82, 2.24) is 4.90 Å². The van der Waals surface area contributed by atoms with Crippen molar-refractivity contribution < 1.29 is 4.79 Å². The molecule has 0 saturated carbocycles. The molecule has 3 rings (SSSR count). The van der Waals surface area contributed by atoms with Crippen LogP contribution < -0.4 is 0 Å². The molecule has 0 bridgehead atoms. The molecule has 1 amide bonds. The van der Waals surface area contributed by atoms with Crippen LogP contribution in [0.2, 0.25) is 0 Å². The summed E-state index contributed by atoms with van der Waals surface area (Å²) in [4.78, 5) is 13.9. The highest BCUT2D eigenvalue weighted by atomic mass is 79.9. The lowest BCUT2D eigenvalue weighted by Crippen LogP contribution is -2.56. The number of likely N-dealkylation sites (N-methyl/N-ethyl adjacent to an activating group) is 1. The molecular formula is C15H18BrNO. The van der Waals surface area contributed by atoms with Crippen molar-refractivity contribution in [3.63, 3.8) is 0 Å². The standard InChI is InChI=1S/C15H18BrNO/c1-15-8-7-14(18)17(2)13(15)6-3-10-9-11(16)4-5-12(10)15/h4-5,9,13H,3,6-8H2,1-2H3/t13?,15-/m1/s1. The van der Waals surface area contributed by atoms with Crippen molar-refractivity contribution in [2.24, 2.45) is 0 Å². The third-order valence-corrected chi connectivity index (χ3v) is 5.32. The molecule has 1 heterocycles. The van der Waals surface area contributed by atoms with Crippen molar-refractivity contribution >= 4 is 21.8 Å². The Labute approximate surface area is 116 Å². The van der Waals surface area contributed by atoms with Gasteiger partial charge in [0.1, 0.15) is 0 Å². The Morgan fingerprint density at radius 3 is 2.94 bits per heavy atom. The fourth-order valence-corrected chi connectivity index (χ4v) is 4.16. The number of fused-ring (bicyclic) bond motifs is 3. The molecule has 18 heavy (non-hydrogen) atoms. The van der Waals surface area contributed by atoms with Gasteiger partial charge in [0.15, 0.2) is 0 Å². The number of likely N-dealkylation sites (tertiary alicyclic amines) is 1. The average Bonchev–Trinajstić information content (AvgIpc) is 2.34. The van der Waals surface area contributed by atoms with Crippen molar-refractivity contribution in [3.8, 4) is 0 Å². The summed E-state index contributed by atoms with van der Waals surface area (Å²) in [6.45, 7) is 2.33. The second-order valence-electron chi connectivity index (χ2n) is 5.78. The van der Waals surface area contributed by atoms with Crippen LogP contribution in [0.3, 0.4) is 0 Å². The molecule has 96 valence electrons. The summed E-state index contributed by atoms with van der Waals surface area (Å²) in [7, 11) is 1.97. The lowest BCUT2D eigenvalue weighted by atomic mass is 9.63. The van der Waals surface area contributed by atoms with E-state index >= 15 is 0 Å². The predicted octanol–water partition coefficient (Wildman–Crippen LogP) is 3.27. The maximum absolute atomic E-state index is 11.9. The summed E-state index contributed by atoms with van der Waals surface area (Å²) < 4.78 is 1.16. The molecule has 2 nitrogen and oxygen atoms in total. The topological polar surface area (TPSA) is 20.3 Å². The molecule has 1 aromatic rings. The summed E-state index contributed by atoms with van der Waals surface area (Å²) in [5.74, 6) is 0.304. The molecule has 0 radical (unpaired) electrons. The lowest BCUT2D eigenvalue weighted by Gasteiger charge is -2.50. The molecule has 1 aliphatic heterocycles. The van der Waals surface area contributed by atoms with E-state index in [0.717, 1.165) is 23.7 Å². The first kappa shape index (κ1) is 12.2. The summed E-state index contributed by atoms with van der Waals surface area (Å²) in [6.07, 6.45) is 3.82. The number of amides is 1. The van der Waals surface area contributed by atoms with Gasteiger partial charge in [0.05, 0.1) is 0 Å². The van der Waals surface area contributed by atoms with Gasteiger partial charge in [0.2, 0.25) is 5.91 Å². The molecule has 1 unspecified atom stereocenters. The van der Waals surface area contributed by atoms with Gasteiger partial charge in [-0.3, -0.25) is 4.79 Å². The van der Waals surface area contributed by atoms with Gasteiger partial charge >= 0.3 is 0 Å². The minimum atomic E-state index is 0.136. The van der Waals surface area contributed by atoms with Gasteiger partial charge in [0, 0.05) is 29.4 Å². The molecule has 0 N–H and O–H groups in total. The van der Waals surface area contributed by atoms with Gasteiger partial charge in [-0.2, -0.15) is 0 Å². The van der Waals surface area contributed by atoms with E-state index in [1.54, 1.807) is 0 Å². The first-order valence-electron chi connectivity index (χ1n) is 6.57. The number of hydrogen-bond acceptors (Lipinski definition) is 1.